The van der Waals surface area contributed by atoms with Crippen LogP contribution in [0.15, 0.2) is 70.9 Å². The molecule has 152 valence electrons. The maximum Gasteiger partial charge on any atom is 0.300 e. The summed E-state index contributed by atoms with van der Waals surface area (Å²) in [6.07, 6.45) is 1.46. The monoisotopic (exact) mass is 423 g/mol. The topological polar surface area (TPSA) is 80.0 Å². The third-order valence-corrected chi connectivity index (χ3v) is 5.27. The molecule has 0 aliphatic carbocycles. The minimum absolute atomic E-state index is 0.0687. The average molecular weight is 424 g/mol. The highest BCUT2D eigenvalue weighted by Crippen LogP contribution is 2.43. The Morgan fingerprint density at radius 1 is 1.13 bits per heavy atom. The van der Waals surface area contributed by atoms with E-state index in [0.717, 1.165) is 5.56 Å². The van der Waals surface area contributed by atoms with Crippen LogP contribution in [0.4, 0.5) is 5.69 Å². The molecule has 6 nitrogen and oxygen atoms in total. The van der Waals surface area contributed by atoms with Gasteiger partial charge in [-0.25, -0.2) is 0 Å². The van der Waals surface area contributed by atoms with Gasteiger partial charge in [0.1, 0.15) is 23.3 Å². The summed E-state index contributed by atoms with van der Waals surface area (Å²) in [6, 6.07) is 14.3. The maximum atomic E-state index is 13.0. The van der Waals surface area contributed by atoms with Crippen molar-refractivity contribution in [1.82, 2.24) is 0 Å². The van der Waals surface area contributed by atoms with Crippen molar-refractivity contribution in [2.24, 2.45) is 0 Å². The van der Waals surface area contributed by atoms with Crippen LogP contribution in [0.5, 0.6) is 5.75 Å². The maximum absolute atomic E-state index is 13.0. The van der Waals surface area contributed by atoms with Crippen molar-refractivity contribution in [3.05, 3.63) is 88.3 Å². The van der Waals surface area contributed by atoms with Crippen LogP contribution in [0.2, 0.25) is 5.02 Å². The number of aliphatic hydroxyl groups is 1. The minimum Gasteiger partial charge on any atom is -0.507 e. The number of ether oxygens (including phenoxy) is 1. The first kappa shape index (κ1) is 19.8. The second-order valence-corrected chi connectivity index (χ2v) is 7.28. The molecule has 1 atom stereocenters. The van der Waals surface area contributed by atoms with E-state index in [-0.39, 0.29) is 11.3 Å². The lowest BCUT2D eigenvalue weighted by Gasteiger charge is -2.23. The fraction of sp³-hybridized carbons (Fsp3) is 0.130. The lowest BCUT2D eigenvalue weighted by atomic mass is 9.99. The third-order valence-electron chi connectivity index (χ3n) is 4.96. The largest absolute Gasteiger partial charge is 0.507 e. The van der Waals surface area contributed by atoms with Gasteiger partial charge >= 0.3 is 0 Å². The number of anilines is 1. The summed E-state index contributed by atoms with van der Waals surface area (Å²) in [5.41, 5.74) is 1.69. The van der Waals surface area contributed by atoms with Crippen molar-refractivity contribution in [3.63, 3.8) is 0 Å². The Labute approximate surface area is 177 Å². The number of carbonyl (C=O) groups excluding carboxylic acids is 2. The molecule has 30 heavy (non-hydrogen) atoms. The molecule has 2 aromatic carbocycles. The van der Waals surface area contributed by atoms with Gasteiger partial charge in [0.25, 0.3) is 11.7 Å². The van der Waals surface area contributed by atoms with Gasteiger partial charge in [-0.15, -0.1) is 0 Å². The number of rotatable bonds is 4. The number of hydrogen-bond acceptors (Lipinski definition) is 5. The Hall–Kier alpha value is -3.51. The van der Waals surface area contributed by atoms with Gasteiger partial charge < -0.3 is 14.3 Å². The molecule has 1 aliphatic heterocycles. The molecule has 4 rings (SSSR count). The highest BCUT2D eigenvalue weighted by molar-refractivity contribution is 6.51. The van der Waals surface area contributed by atoms with Gasteiger partial charge in [0, 0.05) is 11.3 Å². The second-order valence-electron chi connectivity index (χ2n) is 6.87. The quantitative estimate of drug-likeness (QED) is 0.367. The van der Waals surface area contributed by atoms with Crippen molar-refractivity contribution in [3.8, 4) is 5.75 Å². The van der Waals surface area contributed by atoms with Gasteiger partial charge in [0.15, 0.2) is 0 Å². The van der Waals surface area contributed by atoms with Crippen LogP contribution in [0.3, 0.4) is 0 Å². The van der Waals surface area contributed by atoms with Gasteiger partial charge in [0.2, 0.25) is 0 Å². The molecular weight excluding hydrogens is 406 g/mol. The van der Waals surface area contributed by atoms with E-state index < -0.39 is 17.7 Å². The zero-order chi connectivity index (χ0) is 21.4. The molecule has 0 spiro atoms. The molecule has 7 heteroatoms. The zero-order valence-corrected chi connectivity index (χ0v) is 17.0. The molecule has 0 radical (unpaired) electrons. The number of Topliss-reactive ketones (excluding diaryl/α,β-unsaturated/α-hetero) is 1. The van der Waals surface area contributed by atoms with Crippen molar-refractivity contribution >= 4 is 34.7 Å². The number of hydrogen-bond donors (Lipinski definition) is 1. The molecule has 1 fully saturated rings. The van der Waals surface area contributed by atoms with Crippen LogP contribution < -0.4 is 9.64 Å². The molecule has 1 amide bonds. The first-order valence-corrected chi connectivity index (χ1v) is 9.55. The summed E-state index contributed by atoms with van der Waals surface area (Å²) < 4.78 is 10.7. The Morgan fingerprint density at radius 2 is 1.93 bits per heavy atom. The van der Waals surface area contributed by atoms with Crippen molar-refractivity contribution in [2.45, 2.75) is 13.0 Å². The van der Waals surface area contributed by atoms with Gasteiger partial charge in [-0.3, -0.25) is 14.5 Å². The number of aryl methyl sites for hydroxylation is 1. The number of furan rings is 1. The van der Waals surface area contributed by atoms with Crippen molar-refractivity contribution in [2.75, 3.05) is 12.0 Å². The highest BCUT2D eigenvalue weighted by atomic mass is 35.5. The molecule has 1 unspecified atom stereocenters. The van der Waals surface area contributed by atoms with Crippen LogP contribution in [0, 0.1) is 6.92 Å². The molecule has 1 saturated heterocycles. The van der Waals surface area contributed by atoms with E-state index in [9.17, 15) is 14.7 Å². The lowest BCUT2D eigenvalue weighted by Crippen LogP contribution is -2.29. The number of amides is 1. The Morgan fingerprint density at radius 3 is 2.60 bits per heavy atom. The summed E-state index contributed by atoms with van der Waals surface area (Å²) in [4.78, 5) is 27.3. The van der Waals surface area contributed by atoms with Gasteiger partial charge in [0.05, 0.1) is 24.0 Å². The predicted octanol–water partition coefficient (Wildman–Crippen LogP) is 4.88. The van der Waals surface area contributed by atoms with Crippen LogP contribution >= 0.6 is 11.6 Å². The third kappa shape index (κ3) is 3.25. The van der Waals surface area contributed by atoms with Crippen molar-refractivity contribution < 1.29 is 23.8 Å². The molecule has 3 aromatic rings. The molecule has 0 saturated carbocycles. The van der Waals surface area contributed by atoms with E-state index >= 15 is 0 Å². The number of halogens is 1. The average Bonchev–Trinajstić information content (AvgIpc) is 3.35. The van der Waals surface area contributed by atoms with E-state index in [1.165, 1.54) is 24.3 Å². The molecule has 1 aliphatic rings. The fourth-order valence-corrected chi connectivity index (χ4v) is 3.75. The summed E-state index contributed by atoms with van der Waals surface area (Å²) in [5, 5.41) is 11.4. The lowest BCUT2D eigenvalue weighted by molar-refractivity contribution is -0.132. The molecule has 1 N–H and O–H groups in total. The number of aliphatic hydroxyl groups excluding tert-OH is 1. The SMILES string of the molecule is COc1cc(/C(O)=C2/C(=O)C(=O)N(c3cccc(C)c3)C2c2ccco2)ccc1Cl. The molecule has 1 aromatic heterocycles. The fourth-order valence-electron chi connectivity index (χ4n) is 3.56. The number of carbonyl (C=O) groups is 2. The first-order chi connectivity index (χ1) is 14.4. The minimum atomic E-state index is -0.913. The summed E-state index contributed by atoms with van der Waals surface area (Å²) in [5.74, 6) is -1.19. The number of methoxy groups -OCH3 is 1. The van der Waals surface area contributed by atoms with E-state index in [2.05, 4.69) is 0 Å². The second kappa shape index (κ2) is 7.72. The summed E-state index contributed by atoms with van der Waals surface area (Å²) in [7, 11) is 1.45. The van der Waals surface area contributed by atoms with Gasteiger partial charge in [-0.2, -0.15) is 0 Å². The zero-order valence-electron chi connectivity index (χ0n) is 16.3. The highest BCUT2D eigenvalue weighted by Gasteiger charge is 2.48. The number of benzene rings is 2. The van der Waals surface area contributed by atoms with Gasteiger partial charge in [-0.05, 0) is 55.0 Å². The number of nitrogens with zero attached hydrogens (tertiary/aromatic N) is 1. The smallest absolute Gasteiger partial charge is 0.300 e. The standard InChI is InChI=1S/C23H18ClNO5/c1-13-5-3-6-15(11-13)25-20(17-7-4-10-30-17)19(22(27)23(25)28)21(26)14-8-9-16(24)18(12-14)29-2/h3-12,20,26H,1-2H3/b21-19-. The Balaban J connectivity index is 1.93. The summed E-state index contributed by atoms with van der Waals surface area (Å²) in [6.45, 7) is 1.89. The first-order valence-electron chi connectivity index (χ1n) is 9.17. The van der Waals surface area contributed by atoms with E-state index in [1.54, 1.807) is 42.5 Å². The van der Waals surface area contributed by atoms with Crippen LogP contribution in [0.1, 0.15) is 22.9 Å². The van der Waals surface area contributed by atoms with Crippen LogP contribution in [0.25, 0.3) is 5.76 Å². The van der Waals surface area contributed by atoms with Crippen LogP contribution in [-0.4, -0.2) is 23.9 Å². The van der Waals surface area contributed by atoms with Gasteiger partial charge in [-0.1, -0.05) is 23.7 Å². The number of ketones is 1. The van der Waals surface area contributed by atoms with E-state index in [4.69, 9.17) is 20.8 Å². The predicted molar refractivity (Wildman–Crippen MR) is 113 cm³/mol. The summed E-state index contributed by atoms with van der Waals surface area (Å²) >= 11 is 6.07. The molecular formula is C23H18ClNO5. The van der Waals surface area contributed by atoms with Crippen LogP contribution in [-0.2, 0) is 9.59 Å². The van der Waals surface area contributed by atoms with E-state index in [0.29, 0.717) is 27.8 Å². The van der Waals surface area contributed by atoms with Crippen molar-refractivity contribution in [1.29, 1.82) is 0 Å². The Bertz CT molecular complexity index is 1170. The normalized spacial score (nSPS) is 18.1. The van der Waals surface area contributed by atoms with E-state index in [1.807, 2.05) is 13.0 Å². The molecule has 2 heterocycles. The molecule has 0 bridgehead atoms. The Kier molecular flexibility index (Phi) is 5.10.